The second-order valence-corrected chi connectivity index (χ2v) is 5.66. The fourth-order valence-corrected chi connectivity index (χ4v) is 2.80. The molecule has 3 rings (SSSR count). The van der Waals surface area contributed by atoms with E-state index in [0.29, 0.717) is 18.4 Å². The molecule has 0 spiro atoms. The van der Waals surface area contributed by atoms with Gasteiger partial charge in [-0.1, -0.05) is 69.0 Å². The maximum atomic E-state index is 5.91. The third-order valence-electron chi connectivity index (χ3n) is 4.04. The smallest absolute Gasteiger partial charge is 0.0986 e. The van der Waals surface area contributed by atoms with E-state index in [0.717, 1.165) is 5.76 Å². The van der Waals surface area contributed by atoms with Crippen LogP contribution in [0.2, 0.25) is 0 Å². The highest BCUT2D eigenvalue weighted by Crippen LogP contribution is 2.44. The molecule has 1 aliphatic carbocycles. The van der Waals surface area contributed by atoms with Crippen LogP contribution < -0.4 is 0 Å². The molecular formula is C19H20O. The molecule has 1 heteroatoms. The maximum Gasteiger partial charge on any atom is 0.0986 e. The Hall–Kier alpha value is -2.02. The summed E-state index contributed by atoms with van der Waals surface area (Å²) in [7, 11) is 0. The van der Waals surface area contributed by atoms with Gasteiger partial charge >= 0.3 is 0 Å². The standard InChI is InChI=1S/C19H20O/c1-13(2)14(3)20-12-19-17-10-6-4-8-15(17)16-9-5-7-11-18(16)19/h4-11,13,19H,3,12H2,1-2H3. The van der Waals surface area contributed by atoms with Crippen molar-refractivity contribution < 1.29 is 4.74 Å². The molecule has 0 radical (unpaired) electrons. The summed E-state index contributed by atoms with van der Waals surface area (Å²) in [5.41, 5.74) is 5.41. The lowest BCUT2D eigenvalue weighted by atomic mass is 9.98. The molecule has 0 saturated carbocycles. The Morgan fingerprint density at radius 3 is 2.00 bits per heavy atom. The molecule has 2 aromatic rings. The highest BCUT2D eigenvalue weighted by atomic mass is 16.5. The first kappa shape index (κ1) is 13.0. The molecule has 0 bridgehead atoms. The third kappa shape index (κ3) is 2.14. The number of benzene rings is 2. The molecule has 0 unspecified atom stereocenters. The van der Waals surface area contributed by atoms with Crippen LogP contribution in [0.15, 0.2) is 60.9 Å². The van der Waals surface area contributed by atoms with Crippen LogP contribution in [0, 0.1) is 5.92 Å². The quantitative estimate of drug-likeness (QED) is 0.707. The van der Waals surface area contributed by atoms with E-state index in [2.05, 4.69) is 69.0 Å². The lowest BCUT2D eigenvalue weighted by Gasteiger charge is -2.18. The summed E-state index contributed by atoms with van der Waals surface area (Å²) < 4.78 is 5.91. The molecule has 102 valence electrons. The van der Waals surface area contributed by atoms with E-state index in [1.165, 1.54) is 22.3 Å². The minimum Gasteiger partial charge on any atom is -0.497 e. The van der Waals surface area contributed by atoms with Gasteiger partial charge < -0.3 is 4.74 Å². The Balaban J connectivity index is 1.93. The van der Waals surface area contributed by atoms with Gasteiger partial charge in [0.2, 0.25) is 0 Å². The SMILES string of the molecule is C=C(OCC1c2ccccc2-c2ccccc21)C(C)C. The van der Waals surface area contributed by atoms with Crippen molar-refractivity contribution >= 4 is 0 Å². The average Bonchev–Trinajstić information content (AvgIpc) is 2.79. The molecule has 0 N–H and O–H groups in total. The Morgan fingerprint density at radius 2 is 1.50 bits per heavy atom. The third-order valence-corrected chi connectivity index (χ3v) is 4.04. The van der Waals surface area contributed by atoms with Crippen molar-refractivity contribution in [2.24, 2.45) is 5.92 Å². The molecule has 0 aliphatic heterocycles. The van der Waals surface area contributed by atoms with Crippen LogP contribution >= 0.6 is 0 Å². The summed E-state index contributed by atoms with van der Waals surface area (Å²) in [6.45, 7) is 8.90. The Morgan fingerprint density at radius 1 is 1.00 bits per heavy atom. The number of hydrogen-bond donors (Lipinski definition) is 0. The minimum atomic E-state index is 0.317. The number of fused-ring (bicyclic) bond motifs is 3. The van der Waals surface area contributed by atoms with Crippen LogP contribution in [0.25, 0.3) is 11.1 Å². The summed E-state index contributed by atoms with van der Waals surface area (Å²) in [6.07, 6.45) is 0. The van der Waals surface area contributed by atoms with Crippen LogP contribution in [0.3, 0.4) is 0 Å². The van der Waals surface area contributed by atoms with Gasteiger partial charge in [0.05, 0.1) is 12.4 Å². The number of allylic oxidation sites excluding steroid dienone is 1. The zero-order valence-electron chi connectivity index (χ0n) is 12.1. The number of hydrogen-bond acceptors (Lipinski definition) is 1. The van der Waals surface area contributed by atoms with Crippen molar-refractivity contribution in [2.75, 3.05) is 6.61 Å². The van der Waals surface area contributed by atoms with Crippen LogP contribution in [0.4, 0.5) is 0 Å². The van der Waals surface area contributed by atoms with E-state index >= 15 is 0 Å². The van der Waals surface area contributed by atoms with Gasteiger partial charge in [0.25, 0.3) is 0 Å². The molecule has 0 amide bonds. The summed E-state index contributed by atoms with van der Waals surface area (Å²) in [5.74, 6) is 1.55. The van der Waals surface area contributed by atoms with Gasteiger partial charge in [-0.25, -0.2) is 0 Å². The average molecular weight is 264 g/mol. The predicted molar refractivity (Wildman–Crippen MR) is 83.7 cm³/mol. The Labute approximate surface area is 120 Å². The molecule has 20 heavy (non-hydrogen) atoms. The van der Waals surface area contributed by atoms with Crippen LogP contribution in [0.5, 0.6) is 0 Å². The molecule has 1 nitrogen and oxygen atoms in total. The number of ether oxygens (including phenoxy) is 1. The molecule has 1 aliphatic rings. The first-order valence-electron chi connectivity index (χ1n) is 7.18. The molecule has 0 fully saturated rings. The number of rotatable bonds is 4. The fraction of sp³-hybridized carbons (Fsp3) is 0.263. The lowest BCUT2D eigenvalue weighted by molar-refractivity contribution is 0.179. The van der Waals surface area contributed by atoms with Crippen LogP contribution in [-0.2, 0) is 4.74 Å². The molecule has 0 saturated heterocycles. The normalized spacial score (nSPS) is 13.2. The van der Waals surface area contributed by atoms with E-state index in [1.54, 1.807) is 0 Å². The topological polar surface area (TPSA) is 9.23 Å². The predicted octanol–water partition coefficient (Wildman–Crippen LogP) is 4.99. The molecule has 0 aromatic heterocycles. The van der Waals surface area contributed by atoms with E-state index < -0.39 is 0 Å². The summed E-state index contributed by atoms with van der Waals surface area (Å²) in [4.78, 5) is 0. The van der Waals surface area contributed by atoms with Gasteiger partial charge in [0.15, 0.2) is 0 Å². The molecule has 0 atom stereocenters. The highest BCUT2D eigenvalue weighted by molar-refractivity contribution is 5.78. The molecular weight excluding hydrogens is 244 g/mol. The summed E-state index contributed by atoms with van der Waals surface area (Å²) >= 11 is 0. The lowest BCUT2D eigenvalue weighted by Crippen LogP contribution is -2.08. The van der Waals surface area contributed by atoms with Gasteiger partial charge in [-0.2, -0.15) is 0 Å². The largest absolute Gasteiger partial charge is 0.497 e. The monoisotopic (exact) mass is 264 g/mol. The zero-order valence-corrected chi connectivity index (χ0v) is 12.1. The van der Waals surface area contributed by atoms with Crippen molar-refractivity contribution in [1.29, 1.82) is 0 Å². The Bertz CT molecular complexity index is 594. The first-order chi connectivity index (χ1) is 9.68. The van der Waals surface area contributed by atoms with E-state index in [9.17, 15) is 0 Å². The Kier molecular flexibility index (Phi) is 3.35. The first-order valence-corrected chi connectivity index (χ1v) is 7.18. The highest BCUT2D eigenvalue weighted by Gasteiger charge is 2.28. The second-order valence-electron chi connectivity index (χ2n) is 5.66. The van der Waals surface area contributed by atoms with Crippen molar-refractivity contribution in [3.63, 3.8) is 0 Å². The molecule has 0 heterocycles. The van der Waals surface area contributed by atoms with Crippen LogP contribution in [0.1, 0.15) is 30.9 Å². The van der Waals surface area contributed by atoms with Crippen molar-refractivity contribution in [1.82, 2.24) is 0 Å². The zero-order chi connectivity index (χ0) is 14.1. The van der Waals surface area contributed by atoms with Gasteiger partial charge in [-0.05, 0) is 22.3 Å². The van der Waals surface area contributed by atoms with Gasteiger partial charge in [0, 0.05) is 11.8 Å². The fourth-order valence-electron chi connectivity index (χ4n) is 2.80. The van der Waals surface area contributed by atoms with E-state index in [1.807, 2.05) is 0 Å². The summed E-state index contributed by atoms with van der Waals surface area (Å²) in [6, 6.07) is 17.2. The second kappa shape index (κ2) is 5.16. The molecule has 2 aromatic carbocycles. The van der Waals surface area contributed by atoms with E-state index in [4.69, 9.17) is 4.74 Å². The summed E-state index contributed by atoms with van der Waals surface area (Å²) in [5, 5.41) is 0. The van der Waals surface area contributed by atoms with Crippen molar-refractivity contribution in [2.45, 2.75) is 19.8 Å². The van der Waals surface area contributed by atoms with E-state index in [-0.39, 0.29) is 0 Å². The van der Waals surface area contributed by atoms with Crippen LogP contribution in [-0.4, -0.2) is 6.61 Å². The van der Waals surface area contributed by atoms with Crippen molar-refractivity contribution in [3.05, 3.63) is 72.0 Å². The maximum absolute atomic E-state index is 5.91. The van der Waals surface area contributed by atoms with Gasteiger partial charge in [-0.3, -0.25) is 0 Å². The van der Waals surface area contributed by atoms with Crippen molar-refractivity contribution in [3.8, 4) is 11.1 Å². The van der Waals surface area contributed by atoms with Gasteiger partial charge in [0.1, 0.15) is 0 Å². The minimum absolute atomic E-state index is 0.317. The van der Waals surface area contributed by atoms with Gasteiger partial charge in [-0.15, -0.1) is 0 Å².